The lowest BCUT2D eigenvalue weighted by Crippen LogP contribution is -1.97. The summed E-state index contributed by atoms with van der Waals surface area (Å²) in [4.78, 5) is 9.00. The van der Waals surface area contributed by atoms with Gasteiger partial charge >= 0.3 is 0 Å². The van der Waals surface area contributed by atoms with Crippen LogP contribution >= 0.6 is 0 Å². The third kappa shape index (κ3) is 33.1. The van der Waals surface area contributed by atoms with E-state index in [0.29, 0.717) is 0 Å². The van der Waals surface area contributed by atoms with E-state index in [-0.39, 0.29) is 0 Å². The Balaban J connectivity index is 0. The number of hydrogen-bond acceptors (Lipinski definition) is 3. The minimum atomic E-state index is -0.833. The number of carboxylic acid groups (broad SMARTS) is 1. The number of unbranched alkanes of at least 4 members (excludes halogenated alkanes) is 15. The highest BCUT2D eigenvalue weighted by atomic mass is 16.4. The molecule has 0 bridgehead atoms. The van der Waals surface area contributed by atoms with Gasteiger partial charge in [0.2, 0.25) is 0 Å². The van der Waals surface area contributed by atoms with Gasteiger partial charge in [0.25, 0.3) is 5.97 Å². The summed E-state index contributed by atoms with van der Waals surface area (Å²) in [5.41, 5.74) is 11.0. The summed E-state index contributed by atoms with van der Waals surface area (Å²) in [6, 6.07) is 0. The highest BCUT2D eigenvalue weighted by Crippen LogP contribution is 2.13. The van der Waals surface area contributed by atoms with Gasteiger partial charge in [0.05, 0.1) is 0 Å². The van der Waals surface area contributed by atoms with Crippen molar-refractivity contribution in [2.45, 2.75) is 110 Å². The van der Waals surface area contributed by atoms with Gasteiger partial charge in [0, 0.05) is 6.92 Å². The van der Waals surface area contributed by atoms with Crippen LogP contribution in [0.2, 0.25) is 0 Å². The molecule has 0 aromatic carbocycles. The minimum Gasteiger partial charge on any atom is -0.481 e. The lowest BCUT2D eigenvalue weighted by Gasteiger charge is -2.03. The molecule has 0 spiro atoms. The molecule has 5 N–H and O–H groups in total. The predicted octanol–water partition coefficient (Wildman–Crippen LogP) is 5.24. The third-order valence-electron chi connectivity index (χ3n) is 4.16. The summed E-state index contributed by atoms with van der Waals surface area (Å²) in [6.07, 6.45) is 22.3. The Labute approximate surface area is 150 Å². The number of hydrogen-bond donors (Lipinski definition) is 3. The first-order valence-corrected chi connectivity index (χ1v) is 10.2. The monoisotopic (exact) mass is 344 g/mol. The number of aliphatic carboxylic acids is 1. The highest BCUT2D eigenvalue weighted by Gasteiger charge is 1.94. The third-order valence-corrected chi connectivity index (χ3v) is 4.16. The molecule has 4 nitrogen and oxygen atoms in total. The van der Waals surface area contributed by atoms with Crippen molar-refractivity contribution in [1.82, 2.24) is 0 Å². The second-order valence-corrected chi connectivity index (χ2v) is 6.75. The van der Waals surface area contributed by atoms with Crippen molar-refractivity contribution >= 4 is 5.97 Å². The van der Waals surface area contributed by atoms with Crippen molar-refractivity contribution in [3.05, 3.63) is 0 Å². The Hall–Kier alpha value is -0.610. The molecule has 0 aliphatic carbocycles. The average molecular weight is 345 g/mol. The normalized spacial score (nSPS) is 10.3. The summed E-state index contributed by atoms with van der Waals surface area (Å²) >= 11 is 0. The first-order chi connectivity index (χ1) is 11.6. The molecular formula is C20H44N2O2. The molecule has 0 saturated heterocycles. The molecule has 4 heteroatoms. The second-order valence-electron chi connectivity index (χ2n) is 6.75. The maximum absolute atomic E-state index is 9.00. The Morgan fingerprint density at radius 2 is 0.667 bits per heavy atom. The standard InChI is InChI=1S/C18H40N2.C2H4O2/c19-17-15-13-11-9-7-5-3-1-2-4-6-8-10-12-14-16-18-20;1-2(3)4/h1-20H2;1H3,(H,3,4). The van der Waals surface area contributed by atoms with E-state index >= 15 is 0 Å². The van der Waals surface area contributed by atoms with Gasteiger partial charge in [-0.2, -0.15) is 0 Å². The van der Waals surface area contributed by atoms with Gasteiger partial charge in [-0.1, -0.05) is 89.9 Å². The molecule has 146 valence electrons. The molecule has 24 heavy (non-hydrogen) atoms. The zero-order chi connectivity index (χ0) is 18.3. The van der Waals surface area contributed by atoms with Crippen molar-refractivity contribution in [2.24, 2.45) is 11.5 Å². The van der Waals surface area contributed by atoms with E-state index in [1.165, 1.54) is 103 Å². The first kappa shape index (κ1) is 25.6. The van der Waals surface area contributed by atoms with E-state index in [4.69, 9.17) is 21.4 Å². The van der Waals surface area contributed by atoms with E-state index < -0.39 is 5.97 Å². The van der Waals surface area contributed by atoms with Crippen molar-refractivity contribution < 1.29 is 9.90 Å². The molecular weight excluding hydrogens is 300 g/mol. The minimum absolute atomic E-state index is 0.833. The average Bonchev–Trinajstić information content (AvgIpc) is 2.54. The van der Waals surface area contributed by atoms with Crippen molar-refractivity contribution in [3.63, 3.8) is 0 Å². The van der Waals surface area contributed by atoms with Gasteiger partial charge in [-0.05, 0) is 25.9 Å². The topological polar surface area (TPSA) is 89.3 Å². The van der Waals surface area contributed by atoms with Crippen LogP contribution in [-0.2, 0) is 4.79 Å². The molecule has 0 fully saturated rings. The Morgan fingerprint density at radius 3 is 0.792 bits per heavy atom. The fraction of sp³-hybridized carbons (Fsp3) is 0.950. The summed E-state index contributed by atoms with van der Waals surface area (Å²) in [7, 11) is 0. The van der Waals surface area contributed by atoms with E-state index in [0.717, 1.165) is 20.0 Å². The zero-order valence-electron chi connectivity index (χ0n) is 16.2. The van der Waals surface area contributed by atoms with Crippen molar-refractivity contribution in [2.75, 3.05) is 13.1 Å². The van der Waals surface area contributed by atoms with Crippen LogP contribution in [0.25, 0.3) is 0 Å². The van der Waals surface area contributed by atoms with Crippen LogP contribution in [0.3, 0.4) is 0 Å². The molecule has 0 saturated carbocycles. The molecule has 0 amide bonds. The summed E-state index contributed by atoms with van der Waals surface area (Å²) in [5.74, 6) is -0.833. The van der Waals surface area contributed by atoms with Crippen LogP contribution in [0.4, 0.5) is 0 Å². The van der Waals surface area contributed by atoms with E-state index in [1.54, 1.807) is 0 Å². The van der Waals surface area contributed by atoms with Gasteiger partial charge in [-0.15, -0.1) is 0 Å². The van der Waals surface area contributed by atoms with Crippen LogP contribution in [0.5, 0.6) is 0 Å². The van der Waals surface area contributed by atoms with Crippen molar-refractivity contribution in [1.29, 1.82) is 0 Å². The van der Waals surface area contributed by atoms with Gasteiger partial charge in [-0.3, -0.25) is 4.79 Å². The molecule has 0 unspecified atom stereocenters. The molecule has 0 radical (unpaired) electrons. The zero-order valence-corrected chi connectivity index (χ0v) is 16.2. The maximum atomic E-state index is 9.00. The Morgan fingerprint density at radius 1 is 0.542 bits per heavy atom. The smallest absolute Gasteiger partial charge is 0.300 e. The van der Waals surface area contributed by atoms with Gasteiger partial charge in [0.15, 0.2) is 0 Å². The van der Waals surface area contributed by atoms with Gasteiger partial charge in [-0.25, -0.2) is 0 Å². The van der Waals surface area contributed by atoms with Gasteiger partial charge in [0.1, 0.15) is 0 Å². The van der Waals surface area contributed by atoms with E-state index in [9.17, 15) is 0 Å². The number of carboxylic acids is 1. The van der Waals surface area contributed by atoms with Crippen molar-refractivity contribution in [3.8, 4) is 0 Å². The predicted molar refractivity (Wildman–Crippen MR) is 105 cm³/mol. The fourth-order valence-corrected chi connectivity index (χ4v) is 2.76. The summed E-state index contributed by atoms with van der Waals surface area (Å²) in [5, 5.41) is 7.42. The summed E-state index contributed by atoms with van der Waals surface area (Å²) < 4.78 is 0. The molecule has 0 atom stereocenters. The van der Waals surface area contributed by atoms with Gasteiger partial charge < -0.3 is 16.6 Å². The quantitative estimate of drug-likeness (QED) is 0.315. The Bertz CT molecular complexity index is 214. The molecule has 0 aromatic rings. The van der Waals surface area contributed by atoms with E-state index in [2.05, 4.69) is 0 Å². The maximum Gasteiger partial charge on any atom is 0.300 e. The number of carbonyl (C=O) groups is 1. The SMILES string of the molecule is CC(=O)O.NCCCCCCCCCCCCCCCCCCN. The van der Waals surface area contributed by atoms with Crippen LogP contribution in [-0.4, -0.2) is 24.2 Å². The molecule has 0 aromatic heterocycles. The number of nitrogens with two attached hydrogens (primary N) is 2. The molecule has 0 heterocycles. The fourth-order valence-electron chi connectivity index (χ4n) is 2.76. The highest BCUT2D eigenvalue weighted by molar-refractivity contribution is 5.62. The van der Waals surface area contributed by atoms with Crippen LogP contribution in [0.15, 0.2) is 0 Å². The number of rotatable bonds is 17. The largest absolute Gasteiger partial charge is 0.481 e. The Kier molecular flexibility index (Phi) is 26.3. The lowest BCUT2D eigenvalue weighted by atomic mass is 10.0. The lowest BCUT2D eigenvalue weighted by molar-refractivity contribution is -0.134. The summed E-state index contributed by atoms with van der Waals surface area (Å²) in [6.45, 7) is 2.82. The van der Waals surface area contributed by atoms with Crippen LogP contribution in [0.1, 0.15) is 110 Å². The second kappa shape index (κ2) is 24.6. The molecule has 0 aliphatic heterocycles. The molecule has 0 aliphatic rings. The van der Waals surface area contributed by atoms with E-state index in [1.807, 2.05) is 0 Å². The molecule has 0 rings (SSSR count). The van der Waals surface area contributed by atoms with Crippen LogP contribution < -0.4 is 11.5 Å². The first-order valence-electron chi connectivity index (χ1n) is 10.2. The van der Waals surface area contributed by atoms with Crippen LogP contribution in [0, 0.1) is 0 Å².